The molecule has 0 saturated heterocycles. The Labute approximate surface area is 203 Å². The molecule has 5 rings (SSSR count). The number of nitrogens with zero attached hydrogens (tertiary/aromatic N) is 3. The van der Waals surface area contributed by atoms with E-state index < -0.39 is 42.4 Å². The molecule has 3 heterocycles. The number of carbonyl (C=O) groups excluding carboxylic acids is 1. The molecular formula is C20H16N4O6S4. The highest BCUT2D eigenvalue weighted by Crippen LogP contribution is 2.44. The molecule has 0 aliphatic carbocycles. The minimum atomic E-state index is -4.62. The highest BCUT2D eigenvalue weighted by Gasteiger charge is 2.45. The van der Waals surface area contributed by atoms with Crippen LogP contribution < -0.4 is 9.62 Å². The maximum Gasteiger partial charge on any atom is 0.293 e. The van der Waals surface area contributed by atoms with E-state index in [1.807, 2.05) is 26.0 Å². The molecule has 2 aromatic carbocycles. The maximum absolute atomic E-state index is 13.1. The lowest BCUT2D eigenvalue weighted by Gasteiger charge is -2.22. The number of aliphatic hydroxyl groups excluding tert-OH is 1. The van der Waals surface area contributed by atoms with Gasteiger partial charge in [-0.3, -0.25) is 14.4 Å². The normalized spacial score (nSPS) is 18.5. The van der Waals surface area contributed by atoms with E-state index in [1.165, 1.54) is 0 Å². The molecule has 0 saturated carbocycles. The lowest BCUT2D eigenvalue weighted by Crippen LogP contribution is -2.41. The van der Waals surface area contributed by atoms with E-state index in [-0.39, 0.29) is 10.3 Å². The number of carbonyl (C=O) groups is 1. The van der Waals surface area contributed by atoms with Crippen molar-refractivity contribution < 1.29 is 26.7 Å². The highest BCUT2D eigenvalue weighted by atomic mass is 32.2. The third kappa shape index (κ3) is 3.96. The summed E-state index contributed by atoms with van der Waals surface area (Å²) in [7, 11) is -8.93. The third-order valence-electron chi connectivity index (χ3n) is 4.98. The number of sulfonamides is 2. The van der Waals surface area contributed by atoms with Crippen molar-refractivity contribution in [1.82, 2.24) is 4.98 Å². The fourth-order valence-electron chi connectivity index (χ4n) is 3.51. The number of amides is 1. The number of aromatic nitrogens is 1. The summed E-state index contributed by atoms with van der Waals surface area (Å²) in [4.78, 5) is 17.9. The Bertz CT molecular complexity index is 1670. The van der Waals surface area contributed by atoms with E-state index in [4.69, 9.17) is 0 Å². The summed E-state index contributed by atoms with van der Waals surface area (Å²) in [5.74, 6) is -3.33. The van der Waals surface area contributed by atoms with Gasteiger partial charge in [0.15, 0.2) is 15.2 Å². The van der Waals surface area contributed by atoms with Crippen molar-refractivity contribution in [2.75, 3.05) is 15.4 Å². The number of benzene rings is 2. The van der Waals surface area contributed by atoms with Gasteiger partial charge in [-0.15, -0.1) is 4.40 Å². The predicted octanol–water partition coefficient (Wildman–Crippen LogP) is 3.26. The van der Waals surface area contributed by atoms with Crippen LogP contribution in [0.5, 0.6) is 0 Å². The van der Waals surface area contributed by atoms with Gasteiger partial charge in [0.2, 0.25) is 10.0 Å². The van der Waals surface area contributed by atoms with Crippen LogP contribution in [0.2, 0.25) is 0 Å². The highest BCUT2D eigenvalue weighted by molar-refractivity contribution is 8.16. The largest absolute Gasteiger partial charge is 0.509 e. The molecule has 0 bridgehead atoms. The van der Waals surface area contributed by atoms with Crippen molar-refractivity contribution in [2.45, 2.75) is 18.7 Å². The zero-order valence-electron chi connectivity index (χ0n) is 17.6. The SMILES string of the molecule is Cc1ccc2c(c1)SC1=NS(=O)(=O)/C(=C(\O)CS(=O)(=O)Nc3nc4ccc(C)cc4s3)C(=O)N12. The molecule has 0 unspecified atom stereocenters. The molecule has 0 fully saturated rings. The molecule has 0 radical (unpaired) electrons. The number of aryl methyl sites for hydroxylation is 2. The minimum Gasteiger partial charge on any atom is -0.509 e. The second-order valence-corrected chi connectivity index (χ2v) is 13.0. The number of aliphatic hydroxyl groups is 1. The summed E-state index contributed by atoms with van der Waals surface area (Å²) in [6.45, 7) is 3.74. The summed E-state index contributed by atoms with van der Waals surface area (Å²) in [5.41, 5.74) is 2.88. The molecule has 1 aromatic heterocycles. The van der Waals surface area contributed by atoms with Crippen LogP contribution in [0.1, 0.15) is 11.1 Å². The second kappa shape index (κ2) is 7.80. The quantitative estimate of drug-likeness (QED) is 0.382. The van der Waals surface area contributed by atoms with Gasteiger partial charge in [-0.05, 0) is 61.0 Å². The Balaban J connectivity index is 1.48. The first kappa shape index (κ1) is 22.8. The Morgan fingerprint density at radius 3 is 2.62 bits per heavy atom. The molecule has 10 nitrogen and oxygen atoms in total. The van der Waals surface area contributed by atoms with Crippen LogP contribution >= 0.6 is 23.1 Å². The van der Waals surface area contributed by atoms with Crippen molar-refractivity contribution in [3.05, 3.63) is 58.2 Å². The van der Waals surface area contributed by atoms with Crippen molar-refractivity contribution >= 4 is 75.3 Å². The Morgan fingerprint density at radius 2 is 1.85 bits per heavy atom. The van der Waals surface area contributed by atoms with E-state index >= 15 is 0 Å². The third-order valence-corrected chi connectivity index (χ3v) is 9.66. The molecule has 34 heavy (non-hydrogen) atoms. The van der Waals surface area contributed by atoms with Crippen LogP contribution in [0.15, 0.2) is 56.4 Å². The van der Waals surface area contributed by atoms with Crippen LogP contribution in [0.4, 0.5) is 10.8 Å². The number of nitrogens with one attached hydrogen (secondary N) is 1. The minimum absolute atomic E-state index is 0.0526. The molecule has 2 N–H and O–H groups in total. The fraction of sp³-hybridized carbons (Fsp3) is 0.150. The van der Waals surface area contributed by atoms with Crippen LogP contribution in [-0.4, -0.2) is 43.8 Å². The summed E-state index contributed by atoms with van der Waals surface area (Å²) >= 11 is 2.10. The van der Waals surface area contributed by atoms with Crippen LogP contribution in [0.25, 0.3) is 10.2 Å². The number of hydrogen-bond acceptors (Lipinski definition) is 9. The van der Waals surface area contributed by atoms with Gasteiger partial charge < -0.3 is 5.11 Å². The van der Waals surface area contributed by atoms with Gasteiger partial charge in [0.05, 0.1) is 15.9 Å². The van der Waals surface area contributed by atoms with Gasteiger partial charge in [0, 0.05) is 4.90 Å². The maximum atomic E-state index is 13.1. The van der Waals surface area contributed by atoms with Crippen molar-refractivity contribution in [3.8, 4) is 0 Å². The van der Waals surface area contributed by atoms with Gasteiger partial charge in [0.1, 0.15) is 11.5 Å². The molecule has 1 amide bonds. The molecule has 14 heteroatoms. The van der Waals surface area contributed by atoms with Gasteiger partial charge in [-0.2, -0.15) is 8.42 Å². The Morgan fingerprint density at radius 1 is 1.15 bits per heavy atom. The van der Waals surface area contributed by atoms with E-state index in [9.17, 15) is 26.7 Å². The van der Waals surface area contributed by atoms with Gasteiger partial charge in [-0.25, -0.2) is 13.4 Å². The first-order valence-electron chi connectivity index (χ1n) is 9.71. The molecule has 2 aliphatic heterocycles. The van der Waals surface area contributed by atoms with Crippen LogP contribution in [-0.2, 0) is 24.8 Å². The second-order valence-electron chi connectivity index (χ2n) is 7.69. The van der Waals surface area contributed by atoms with E-state index in [1.54, 1.807) is 24.3 Å². The Kier molecular flexibility index (Phi) is 5.24. The van der Waals surface area contributed by atoms with Crippen LogP contribution in [0.3, 0.4) is 0 Å². The zero-order chi connectivity index (χ0) is 24.4. The van der Waals surface area contributed by atoms with Crippen molar-refractivity contribution in [2.24, 2.45) is 4.40 Å². The number of amidine groups is 1. The summed E-state index contributed by atoms with van der Waals surface area (Å²) in [5, 5.41) is 10.5. The number of thiazole rings is 1. The Hall–Kier alpha value is -2.94. The van der Waals surface area contributed by atoms with E-state index in [0.717, 1.165) is 43.8 Å². The number of anilines is 2. The van der Waals surface area contributed by atoms with Crippen LogP contribution in [0, 0.1) is 13.8 Å². The smallest absolute Gasteiger partial charge is 0.293 e. The molecule has 0 atom stereocenters. The van der Waals surface area contributed by atoms with Gasteiger partial charge >= 0.3 is 0 Å². The summed E-state index contributed by atoms with van der Waals surface area (Å²) in [6.07, 6.45) is 0. The molecule has 0 spiro atoms. The average molecular weight is 537 g/mol. The topological polar surface area (TPSA) is 146 Å². The number of fused-ring (bicyclic) bond motifs is 4. The monoisotopic (exact) mass is 536 g/mol. The van der Waals surface area contributed by atoms with Crippen molar-refractivity contribution in [3.63, 3.8) is 0 Å². The number of rotatable bonds is 4. The predicted molar refractivity (Wildman–Crippen MR) is 132 cm³/mol. The van der Waals surface area contributed by atoms with Crippen molar-refractivity contribution in [1.29, 1.82) is 0 Å². The number of hydrogen-bond donors (Lipinski definition) is 2. The molecule has 3 aromatic rings. The fourth-order valence-corrected chi connectivity index (χ4v) is 8.34. The average Bonchev–Trinajstić information content (AvgIpc) is 3.24. The first-order valence-corrected chi connectivity index (χ1v) is 14.4. The zero-order valence-corrected chi connectivity index (χ0v) is 20.9. The van der Waals surface area contributed by atoms with Gasteiger partial charge in [-0.1, -0.05) is 23.5 Å². The van der Waals surface area contributed by atoms with E-state index in [0.29, 0.717) is 16.1 Å². The summed E-state index contributed by atoms with van der Waals surface area (Å²) < 4.78 is 57.4. The van der Waals surface area contributed by atoms with E-state index in [2.05, 4.69) is 14.1 Å². The standard InChI is InChI=1S/C20H16N4O6S4/c1-10-3-5-12-15(7-10)31-19(21-12)22-33(27,28)9-14(25)17-18(26)24-13-6-4-11(2)8-16(13)32-20(24)23-34(17,29)30/h3-8,25H,9H2,1-2H3,(H,21,22)/b17-14-. The first-order chi connectivity index (χ1) is 15.9. The molecule has 2 aliphatic rings. The molecule has 176 valence electrons. The number of thioether (sulfide) groups is 1. The lowest BCUT2D eigenvalue weighted by molar-refractivity contribution is -0.113. The summed E-state index contributed by atoms with van der Waals surface area (Å²) in [6, 6.07) is 10.6. The van der Waals surface area contributed by atoms with Gasteiger partial charge in [0.25, 0.3) is 15.9 Å². The lowest BCUT2D eigenvalue weighted by atomic mass is 10.2. The molecular weight excluding hydrogens is 521 g/mol.